The van der Waals surface area contributed by atoms with E-state index in [-0.39, 0.29) is 11.9 Å². The van der Waals surface area contributed by atoms with Crippen LogP contribution in [0.3, 0.4) is 0 Å². The molecule has 4 heterocycles. The fourth-order valence-corrected chi connectivity index (χ4v) is 5.32. The maximum Gasteiger partial charge on any atom is 0.264 e. The molecule has 2 atom stereocenters. The maximum absolute atomic E-state index is 13.2. The van der Waals surface area contributed by atoms with Crippen molar-refractivity contribution in [3.63, 3.8) is 0 Å². The third-order valence-electron chi connectivity index (χ3n) is 6.97. The Kier molecular flexibility index (Phi) is 4.35. The van der Waals surface area contributed by atoms with Gasteiger partial charge in [0.05, 0.1) is 5.56 Å². The van der Waals surface area contributed by atoms with E-state index in [1.54, 1.807) is 0 Å². The summed E-state index contributed by atoms with van der Waals surface area (Å²) in [5, 5.41) is 4.27. The zero-order chi connectivity index (χ0) is 20.9. The standard InChI is InChI=1S/C25H25N3O3/c1-28-17-7-4-8-18(28)14-16(13-17)26-24(29)19-9-5-11-21-23(19)27-25(31-21)22-12-15-6-2-3-10-20(15)30-22/h2-3,5-6,9-12,16-18H,4,7-8,13-14H2,1H3,(H,26,29). The zero-order valence-electron chi connectivity index (χ0n) is 17.5. The number of amides is 1. The summed E-state index contributed by atoms with van der Waals surface area (Å²) in [7, 11) is 2.22. The van der Waals surface area contributed by atoms with E-state index in [4.69, 9.17) is 8.83 Å². The second kappa shape index (κ2) is 7.24. The number of benzene rings is 2. The molecule has 6 heteroatoms. The van der Waals surface area contributed by atoms with Crippen LogP contribution in [-0.2, 0) is 0 Å². The number of furan rings is 1. The predicted octanol–water partition coefficient (Wildman–Crippen LogP) is 4.99. The van der Waals surface area contributed by atoms with Crippen LogP contribution in [0.1, 0.15) is 42.5 Å². The molecule has 2 bridgehead atoms. The Morgan fingerprint density at radius 2 is 1.81 bits per heavy atom. The van der Waals surface area contributed by atoms with E-state index in [0.29, 0.717) is 40.4 Å². The van der Waals surface area contributed by atoms with Crippen molar-refractivity contribution in [1.29, 1.82) is 0 Å². The van der Waals surface area contributed by atoms with Crippen molar-refractivity contribution in [2.24, 2.45) is 0 Å². The number of hydrogen-bond donors (Lipinski definition) is 1. The minimum Gasteiger partial charge on any atom is -0.451 e. The molecule has 6 rings (SSSR count). The Bertz CT molecular complexity index is 1230. The van der Waals surface area contributed by atoms with Gasteiger partial charge in [0, 0.05) is 23.5 Å². The second-order valence-corrected chi connectivity index (χ2v) is 8.87. The van der Waals surface area contributed by atoms with Crippen molar-refractivity contribution in [2.45, 2.75) is 50.2 Å². The van der Waals surface area contributed by atoms with Gasteiger partial charge in [0.15, 0.2) is 11.3 Å². The van der Waals surface area contributed by atoms with Crippen molar-refractivity contribution >= 4 is 28.0 Å². The minimum atomic E-state index is -0.0808. The highest BCUT2D eigenvalue weighted by atomic mass is 16.4. The number of rotatable bonds is 3. The molecule has 0 radical (unpaired) electrons. The topological polar surface area (TPSA) is 71.5 Å². The Hall–Kier alpha value is -3.12. The number of nitrogens with zero attached hydrogens (tertiary/aromatic N) is 2. The molecule has 0 saturated carbocycles. The summed E-state index contributed by atoms with van der Waals surface area (Å²) in [5.41, 5.74) is 2.49. The van der Waals surface area contributed by atoms with Gasteiger partial charge in [-0.1, -0.05) is 30.7 Å². The number of hydrogen-bond acceptors (Lipinski definition) is 5. The van der Waals surface area contributed by atoms with Crippen molar-refractivity contribution in [3.05, 3.63) is 54.1 Å². The molecule has 0 spiro atoms. The van der Waals surface area contributed by atoms with Gasteiger partial charge in [-0.15, -0.1) is 0 Å². The third kappa shape index (κ3) is 3.22. The summed E-state index contributed by atoms with van der Waals surface area (Å²) in [5.74, 6) is 0.870. The van der Waals surface area contributed by atoms with Crippen LogP contribution in [0, 0.1) is 0 Å². The summed E-state index contributed by atoms with van der Waals surface area (Å²) in [6.45, 7) is 0. The third-order valence-corrected chi connectivity index (χ3v) is 6.97. The lowest BCUT2D eigenvalue weighted by atomic mass is 9.82. The molecule has 6 nitrogen and oxygen atoms in total. The van der Waals surface area contributed by atoms with Crippen molar-refractivity contribution in [3.8, 4) is 11.7 Å². The van der Waals surface area contributed by atoms with Gasteiger partial charge in [-0.05, 0) is 57.0 Å². The number of carbonyl (C=O) groups excluding carboxylic acids is 1. The largest absolute Gasteiger partial charge is 0.451 e. The predicted molar refractivity (Wildman–Crippen MR) is 119 cm³/mol. The molecule has 158 valence electrons. The lowest BCUT2D eigenvalue weighted by Crippen LogP contribution is -2.55. The van der Waals surface area contributed by atoms with Crippen LogP contribution >= 0.6 is 0 Å². The van der Waals surface area contributed by atoms with Gasteiger partial charge >= 0.3 is 0 Å². The van der Waals surface area contributed by atoms with Gasteiger partial charge in [0.25, 0.3) is 11.8 Å². The molecule has 0 aliphatic carbocycles. The van der Waals surface area contributed by atoms with Crippen molar-refractivity contribution < 1.29 is 13.6 Å². The molecule has 2 aromatic carbocycles. The monoisotopic (exact) mass is 415 g/mol. The molecular formula is C25H25N3O3. The molecule has 31 heavy (non-hydrogen) atoms. The lowest BCUT2D eigenvalue weighted by Gasteiger charge is -2.47. The molecule has 2 aliphatic heterocycles. The molecule has 2 aliphatic rings. The lowest BCUT2D eigenvalue weighted by molar-refractivity contribution is 0.0463. The first-order chi connectivity index (χ1) is 15.2. The number of para-hydroxylation sites is 2. The van der Waals surface area contributed by atoms with Crippen LogP contribution in [0.25, 0.3) is 33.7 Å². The van der Waals surface area contributed by atoms with E-state index >= 15 is 0 Å². The molecule has 2 saturated heterocycles. The number of fused-ring (bicyclic) bond motifs is 4. The number of aromatic nitrogens is 1. The summed E-state index contributed by atoms with van der Waals surface area (Å²) in [4.78, 5) is 20.3. The number of carbonyl (C=O) groups is 1. The highest BCUT2D eigenvalue weighted by molar-refractivity contribution is 6.05. The van der Waals surface area contributed by atoms with Gasteiger partial charge in [-0.25, -0.2) is 4.98 Å². The van der Waals surface area contributed by atoms with Crippen molar-refractivity contribution in [2.75, 3.05) is 7.05 Å². The Labute approximate surface area is 180 Å². The molecular weight excluding hydrogens is 390 g/mol. The van der Waals surface area contributed by atoms with E-state index in [0.717, 1.165) is 23.8 Å². The summed E-state index contributed by atoms with van der Waals surface area (Å²) in [6, 6.07) is 16.6. The fraction of sp³-hybridized carbons (Fsp3) is 0.360. The summed E-state index contributed by atoms with van der Waals surface area (Å²) in [6.07, 6.45) is 5.76. The van der Waals surface area contributed by atoms with Crippen LogP contribution in [0.2, 0.25) is 0 Å². The Balaban J connectivity index is 1.29. The average Bonchev–Trinajstić information content (AvgIpc) is 3.38. The SMILES string of the molecule is CN1C2CCCC1CC(NC(=O)c1cccc3oc(-c4cc5ccccc5o4)nc13)C2. The second-order valence-electron chi connectivity index (χ2n) is 8.87. The van der Waals surface area contributed by atoms with Gasteiger partial charge in [0.1, 0.15) is 11.1 Å². The van der Waals surface area contributed by atoms with Crippen LogP contribution in [0.15, 0.2) is 57.4 Å². The maximum atomic E-state index is 13.2. The first kappa shape index (κ1) is 18.6. The molecule has 1 N–H and O–H groups in total. The van der Waals surface area contributed by atoms with E-state index in [2.05, 4.69) is 22.2 Å². The highest BCUT2D eigenvalue weighted by Crippen LogP contribution is 2.34. The Morgan fingerprint density at radius 1 is 1.03 bits per heavy atom. The number of oxazole rings is 1. The van der Waals surface area contributed by atoms with Crippen LogP contribution in [0.4, 0.5) is 0 Å². The van der Waals surface area contributed by atoms with Gasteiger partial charge in [-0.3, -0.25) is 4.79 Å². The summed E-state index contributed by atoms with van der Waals surface area (Å²) < 4.78 is 11.8. The molecule has 2 aromatic heterocycles. The minimum absolute atomic E-state index is 0.0808. The van der Waals surface area contributed by atoms with Crippen LogP contribution in [-0.4, -0.2) is 41.0 Å². The quantitative estimate of drug-likeness (QED) is 0.511. The number of piperidine rings is 2. The van der Waals surface area contributed by atoms with Crippen molar-refractivity contribution in [1.82, 2.24) is 15.2 Å². The first-order valence-corrected chi connectivity index (χ1v) is 11.1. The molecule has 1 amide bonds. The van der Waals surface area contributed by atoms with E-state index in [1.807, 2.05) is 48.5 Å². The highest BCUT2D eigenvalue weighted by Gasteiger charge is 2.36. The fourth-order valence-electron chi connectivity index (χ4n) is 5.32. The first-order valence-electron chi connectivity index (χ1n) is 11.1. The van der Waals surface area contributed by atoms with Gasteiger partial charge in [0.2, 0.25) is 0 Å². The molecule has 2 fully saturated rings. The van der Waals surface area contributed by atoms with Gasteiger partial charge in [-0.2, -0.15) is 0 Å². The van der Waals surface area contributed by atoms with Crippen LogP contribution in [0.5, 0.6) is 0 Å². The smallest absolute Gasteiger partial charge is 0.264 e. The van der Waals surface area contributed by atoms with E-state index in [9.17, 15) is 4.79 Å². The van der Waals surface area contributed by atoms with Gasteiger partial charge < -0.3 is 19.1 Å². The summed E-state index contributed by atoms with van der Waals surface area (Å²) >= 11 is 0. The van der Waals surface area contributed by atoms with Crippen LogP contribution < -0.4 is 5.32 Å². The zero-order valence-corrected chi connectivity index (χ0v) is 17.5. The number of nitrogens with one attached hydrogen (secondary N) is 1. The molecule has 2 unspecified atom stereocenters. The normalized spacial score (nSPS) is 24.0. The Morgan fingerprint density at radius 3 is 2.61 bits per heavy atom. The molecule has 4 aromatic rings. The van der Waals surface area contributed by atoms with E-state index < -0.39 is 0 Å². The van der Waals surface area contributed by atoms with E-state index in [1.165, 1.54) is 19.3 Å². The average molecular weight is 415 g/mol.